The number of halogens is 1. The zero-order valence-corrected chi connectivity index (χ0v) is 15.2. The smallest absolute Gasteiger partial charge is 0.270 e. The molecule has 1 aromatic carbocycles. The summed E-state index contributed by atoms with van der Waals surface area (Å²) in [5.41, 5.74) is 0.108. The van der Waals surface area contributed by atoms with E-state index in [-0.39, 0.29) is 34.1 Å². The predicted octanol–water partition coefficient (Wildman–Crippen LogP) is 1.67. The zero-order chi connectivity index (χ0) is 18.8. The van der Waals surface area contributed by atoms with Gasteiger partial charge in [0, 0.05) is 44.4 Å². The van der Waals surface area contributed by atoms with Gasteiger partial charge < -0.3 is 10.2 Å². The van der Waals surface area contributed by atoms with Crippen LogP contribution in [0.4, 0.5) is 5.69 Å². The molecule has 8 nitrogen and oxygen atoms in total. The fourth-order valence-corrected chi connectivity index (χ4v) is 3.24. The minimum Gasteiger partial charge on any atom is -0.352 e. The van der Waals surface area contributed by atoms with Crippen molar-refractivity contribution in [2.75, 3.05) is 26.2 Å². The van der Waals surface area contributed by atoms with Crippen molar-refractivity contribution >= 4 is 29.1 Å². The molecular weight excluding hydrogens is 360 g/mol. The van der Waals surface area contributed by atoms with E-state index in [1.165, 1.54) is 18.2 Å². The fourth-order valence-electron chi connectivity index (χ4n) is 2.99. The Bertz CT molecular complexity index is 729. The van der Waals surface area contributed by atoms with Crippen molar-refractivity contribution in [1.82, 2.24) is 15.1 Å². The first-order valence-electron chi connectivity index (χ1n) is 8.64. The van der Waals surface area contributed by atoms with Crippen LogP contribution in [0.2, 0.25) is 5.02 Å². The lowest BCUT2D eigenvalue weighted by atomic mass is 10.1. The average Bonchev–Trinajstić information content (AvgIpc) is 3.44. The van der Waals surface area contributed by atoms with Gasteiger partial charge in [-0.3, -0.25) is 24.6 Å². The fraction of sp³-hybridized carbons (Fsp3) is 0.529. The molecule has 0 bridgehead atoms. The van der Waals surface area contributed by atoms with Crippen LogP contribution in [0.15, 0.2) is 18.2 Å². The van der Waals surface area contributed by atoms with Crippen molar-refractivity contribution in [3.63, 3.8) is 0 Å². The van der Waals surface area contributed by atoms with Gasteiger partial charge in [0.25, 0.3) is 11.6 Å². The molecule has 0 spiro atoms. The highest BCUT2D eigenvalue weighted by molar-refractivity contribution is 6.34. The lowest BCUT2D eigenvalue weighted by Crippen LogP contribution is -2.55. The molecule has 26 heavy (non-hydrogen) atoms. The van der Waals surface area contributed by atoms with Gasteiger partial charge in [-0.25, -0.2) is 0 Å². The number of amides is 2. The zero-order valence-electron chi connectivity index (χ0n) is 14.5. The van der Waals surface area contributed by atoms with E-state index in [9.17, 15) is 19.7 Å². The van der Waals surface area contributed by atoms with Crippen LogP contribution >= 0.6 is 11.6 Å². The monoisotopic (exact) mass is 380 g/mol. The molecule has 1 saturated heterocycles. The molecule has 1 saturated carbocycles. The van der Waals surface area contributed by atoms with Crippen molar-refractivity contribution in [2.45, 2.75) is 31.8 Å². The highest BCUT2D eigenvalue weighted by atomic mass is 35.5. The first-order chi connectivity index (χ1) is 12.4. The van der Waals surface area contributed by atoms with Gasteiger partial charge in [0.2, 0.25) is 5.91 Å². The van der Waals surface area contributed by atoms with Crippen LogP contribution in [0.3, 0.4) is 0 Å². The number of nitrogens with zero attached hydrogens (tertiary/aromatic N) is 3. The summed E-state index contributed by atoms with van der Waals surface area (Å²) >= 11 is 6.05. The Hall–Kier alpha value is -2.19. The number of nitro benzene ring substituents is 1. The first kappa shape index (κ1) is 18.6. The van der Waals surface area contributed by atoms with Gasteiger partial charge in [0.05, 0.1) is 21.6 Å². The molecule has 1 aliphatic heterocycles. The van der Waals surface area contributed by atoms with Crippen LogP contribution in [0, 0.1) is 10.1 Å². The molecule has 1 aromatic rings. The van der Waals surface area contributed by atoms with Crippen LogP contribution in [-0.4, -0.2) is 64.8 Å². The van der Waals surface area contributed by atoms with Crippen molar-refractivity contribution in [2.24, 2.45) is 0 Å². The number of rotatable bonds is 5. The average molecular weight is 381 g/mol. The van der Waals surface area contributed by atoms with Crippen LogP contribution in [0.25, 0.3) is 0 Å². The quantitative estimate of drug-likeness (QED) is 0.619. The third-order valence-corrected chi connectivity index (χ3v) is 5.16. The number of piperazine rings is 1. The van der Waals surface area contributed by atoms with Gasteiger partial charge in [-0.15, -0.1) is 0 Å². The molecule has 2 aliphatic rings. The second-order valence-electron chi connectivity index (χ2n) is 6.71. The first-order valence-corrected chi connectivity index (χ1v) is 9.02. The maximum Gasteiger partial charge on any atom is 0.270 e. The topological polar surface area (TPSA) is 95.8 Å². The second kappa shape index (κ2) is 7.59. The number of nitro groups is 1. The van der Waals surface area contributed by atoms with Crippen LogP contribution < -0.4 is 5.32 Å². The normalized spacial score (nSPS) is 19.1. The highest BCUT2D eigenvalue weighted by Crippen LogP contribution is 2.24. The molecule has 2 amide bonds. The number of hydrogen-bond donors (Lipinski definition) is 1. The number of benzene rings is 1. The standard InChI is InChI=1S/C17H21ClN4O4/c1-11(16(23)19-12-2-3-12)20-6-8-21(9-7-20)17(24)14-5-4-13(22(25)26)10-15(14)18/h4-5,10-12H,2-3,6-9H2,1H3,(H,19,23). The number of carbonyl (C=O) groups is 2. The van der Waals surface area contributed by atoms with Crippen LogP contribution in [0.5, 0.6) is 0 Å². The molecule has 1 unspecified atom stereocenters. The van der Waals surface area contributed by atoms with Gasteiger partial charge in [-0.2, -0.15) is 0 Å². The van der Waals surface area contributed by atoms with Gasteiger partial charge in [0.15, 0.2) is 0 Å². The minimum atomic E-state index is -0.549. The van der Waals surface area contributed by atoms with Crippen molar-refractivity contribution in [3.8, 4) is 0 Å². The Kier molecular flexibility index (Phi) is 5.43. The highest BCUT2D eigenvalue weighted by Gasteiger charge is 2.31. The molecule has 0 radical (unpaired) electrons. The Morgan fingerprint density at radius 1 is 1.27 bits per heavy atom. The number of carbonyl (C=O) groups excluding carboxylic acids is 2. The lowest BCUT2D eigenvalue weighted by molar-refractivity contribution is -0.384. The molecule has 1 heterocycles. The van der Waals surface area contributed by atoms with E-state index < -0.39 is 4.92 Å². The summed E-state index contributed by atoms with van der Waals surface area (Å²) in [5, 5.41) is 13.8. The number of nitrogens with one attached hydrogen (secondary N) is 1. The van der Waals surface area contributed by atoms with E-state index in [0.717, 1.165) is 12.8 Å². The van der Waals surface area contributed by atoms with Crippen molar-refractivity contribution in [3.05, 3.63) is 38.9 Å². The van der Waals surface area contributed by atoms with E-state index in [4.69, 9.17) is 11.6 Å². The summed E-state index contributed by atoms with van der Waals surface area (Å²) in [6, 6.07) is 3.96. The maximum absolute atomic E-state index is 12.6. The lowest BCUT2D eigenvalue weighted by Gasteiger charge is -2.37. The van der Waals surface area contributed by atoms with E-state index in [1.54, 1.807) is 4.90 Å². The third-order valence-electron chi connectivity index (χ3n) is 4.85. The summed E-state index contributed by atoms with van der Waals surface area (Å²) in [7, 11) is 0. The molecule has 1 N–H and O–H groups in total. The molecule has 0 aromatic heterocycles. The van der Waals surface area contributed by atoms with Crippen LogP contribution in [-0.2, 0) is 4.79 Å². The molecule has 2 fully saturated rings. The number of hydrogen-bond acceptors (Lipinski definition) is 5. The van der Waals surface area contributed by atoms with Gasteiger partial charge in [-0.1, -0.05) is 11.6 Å². The summed E-state index contributed by atoms with van der Waals surface area (Å²) in [6.45, 7) is 4.02. The van der Waals surface area contributed by atoms with Gasteiger partial charge in [-0.05, 0) is 25.8 Å². The summed E-state index contributed by atoms with van der Waals surface area (Å²) in [6.07, 6.45) is 2.10. The van der Waals surface area contributed by atoms with E-state index in [0.29, 0.717) is 32.2 Å². The Labute approximate surface area is 156 Å². The minimum absolute atomic E-state index is 0.0330. The predicted molar refractivity (Wildman–Crippen MR) is 96.2 cm³/mol. The van der Waals surface area contributed by atoms with Crippen molar-refractivity contribution < 1.29 is 14.5 Å². The second-order valence-corrected chi connectivity index (χ2v) is 7.12. The van der Waals surface area contributed by atoms with Crippen LogP contribution in [0.1, 0.15) is 30.1 Å². The molecule has 9 heteroatoms. The molecule has 1 aliphatic carbocycles. The Morgan fingerprint density at radius 3 is 2.46 bits per heavy atom. The number of non-ortho nitro benzene ring substituents is 1. The molecular formula is C17H21ClN4O4. The van der Waals surface area contributed by atoms with Gasteiger partial charge >= 0.3 is 0 Å². The third kappa shape index (κ3) is 4.13. The largest absolute Gasteiger partial charge is 0.352 e. The summed E-state index contributed by atoms with van der Waals surface area (Å²) < 4.78 is 0. The van der Waals surface area contributed by atoms with Gasteiger partial charge in [0.1, 0.15) is 0 Å². The maximum atomic E-state index is 12.6. The Morgan fingerprint density at radius 2 is 1.92 bits per heavy atom. The summed E-state index contributed by atoms with van der Waals surface area (Å²) in [4.78, 5) is 38.7. The molecule has 3 rings (SSSR count). The van der Waals surface area contributed by atoms with E-state index in [2.05, 4.69) is 10.2 Å². The summed E-state index contributed by atoms with van der Waals surface area (Å²) in [5.74, 6) is -0.217. The van der Waals surface area contributed by atoms with E-state index >= 15 is 0 Å². The molecule has 1 atom stereocenters. The SMILES string of the molecule is CC(C(=O)NC1CC1)N1CCN(C(=O)c2ccc([N+](=O)[O-])cc2Cl)CC1. The Balaban J connectivity index is 1.58. The van der Waals surface area contributed by atoms with Crippen molar-refractivity contribution in [1.29, 1.82) is 0 Å². The van der Waals surface area contributed by atoms with E-state index in [1.807, 2.05) is 6.92 Å². The molecule has 140 valence electrons.